The summed E-state index contributed by atoms with van der Waals surface area (Å²) >= 11 is 0. The summed E-state index contributed by atoms with van der Waals surface area (Å²) in [6.07, 6.45) is 0.857. The number of benzene rings is 3. The van der Waals surface area contributed by atoms with E-state index in [9.17, 15) is 18.4 Å². The van der Waals surface area contributed by atoms with E-state index < -0.39 is 23.4 Å². The molecule has 1 aliphatic heterocycles. The number of amides is 2. The van der Waals surface area contributed by atoms with Crippen LogP contribution >= 0.6 is 0 Å². The monoisotopic (exact) mass is 462 g/mol. The largest absolute Gasteiger partial charge is 0.494 e. The lowest BCUT2D eigenvalue weighted by atomic mass is 10.0. The molecule has 3 aromatic rings. The molecule has 0 saturated heterocycles. The quantitative estimate of drug-likeness (QED) is 0.452. The van der Waals surface area contributed by atoms with E-state index in [1.165, 1.54) is 6.07 Å². The molecule has 0 aromatic heterocycles. The topological polar surface area (TPSA) is 58.6 Å². The molecule has 0 aliphatic carbocycles. The second kappa shape index (κ2) is 9.87. The van der Waals surface area contributed by atoms with Gasteiger partial charge in [0, 0.05) is 11.8 Å². The van der Waals surface area contributed by atoms with E-state index in [4.69, 9.17) is 4.74 Å². The predicted molar refractivity (Wildman–Crippen MR) is 126 cm³/mol. The zero-order valence-electron chi connectivity index (χ0n) is 18.9. The molecule has 0 fully saturated rings. The van der Waals surface area contributed by atoms with Gasteiger partial charge in [-0.05, 0) is 48.7 Å². The van der Waals surface area contributed by atoms with Gasteiger partial charge in [0.25, 0.3) is 11.8 Å². The summed E-state index contributed by atoms with van der Waals surface area (Å²) in [6.45, 7) is 4.60. The molecule has 3 aromatic carbocycles. The van der Waals surface area contributed by atoms with Crippen molar-refractivity contribution < 1.29 is 23.1 Å². The second-order valence-corrected chi connectivity index (χ2v) is 8.06. The lowest BCUT2D eigenvalue weighted by Gasteiger charge is -2.15. The van der Waals surface area contributed by atoms with Crippen molar-refractivity contribution in [2.75, 3.05) is 11.9 Å². The Balaban J connectivity index is 1.70. The van der Waals surface area contributed by atoms with E-state index in [0.29, 0.717) is 17.9 Å². The number of nitrogens with one attached hydrogen (secondary N) is 1. The highest BCUT2D eigenvalue weighted by atomic mass is 19.2. The van der Waals surface area contributed by atoms with Gasteiger partial charge in [0.15, 0.2) is 11.6 Å². The third kappa shape index (κ3) is 4.83. The van der Waals surface area contributed by atoms with E-state index in [0.717, 1.165) is 34.6 Å². The number of aryl methyl sites for hydroxylation is 1. The van der Waals surface area contributed by atoms with Crippen LogP contribution in [0.5, 0.6) is 5.75 Å². The Hall–Kier alpha value is -4.00. The Morgan fingerprint density at radius 2 is 1.59 bits per heavy atom. The van der Waals surface area contributed by atoms with Crippen molar-refractivity contribution in [3.8, 4) is 5.75 Å². The molecular formula is C27H24F2N2O3. The third-order valence-electron chi connectivity index (χ3n) is 5.43. The van der Waals surface area contributed by atoms with Crippen molar-refractivity contribution in [2.45, 2.75) is 26.8 Å². The SMILES string of the molecule is CCCOc1ccc(C2=C(Nc3ccc(F)c(F)c3)C(=O)N(Cc3ccc(C)cc3)C2=O)cc1. The van der Waals surface area contributed by atoms with Gasteiger partial charge in [-0.3, -0.25) is 14.5 Å². The lowest BCUT2D eigenvalue weighted by Crippen LogP contribution is -2.32. The molecule has 0 unspecified atom stereocenters. The highest BCUT2D eigenvalue weighted by Gasteiger charge is 2.39. The van der Waals surface area contributed by atoms with Gasteiger partial charge in [0.05, 0.1) is 18.7 Å². The molecule has 5 nitrogen and oxygen atoms in total. The van der Waals surface area contributed by atoms with E-state index in [1.807, 2.05) is 38.1 Å². The van der Waals surface area contributed by atoms with E-state index >= 15 is 0 Å². The zero-order chi connectivity index (χ0) is 24.2. The first-order chi connectivity index (χ1) is 16.4. The Morgan fingerprint density at radius 1 is 0.882 bits per heavy atom. The van der Waals surface area contributed by atoms with Crippen LogP contribution in [-0.4, -0.2) is 23.3 Å². The van der Waals surface area contributed by atoms with Gasteiger partial charge in [-0.2, -0.15) is 0 Å². The minimum absolute atomic E-state index is 0.00495. The fourth-order valence-electron chi connectivity index (χ4n) is 3.64. The summed E-state index contributed by atoms with van der Waals surface area (Å²) < 4.78 is 32.8. The number of carbonyl (C=O) groups is 2. The molecule has 0 saturated carbocycles. The molecular weight excluding hydrogens is 438 g/mol. The van der Waals surface area contributed by atoms with Crippen LogP contribution in [0.4, 0.5) is 14.5 Å². The minimum Gasteiger partial charge on any atom is -0.494 e. The standard InChI is InChI=1S/C27H24F2N2O3/c1-3-14-34-21-11-8-19(9-12-21)24-25(30-20-10-13-22(28)23(29)15-20)27(33)31(26(24)32)16-18-6-4-17(2)5-7-18/h4-13,15,30H,3,14,16H2,1-2H3. The molecule has 7 heteroatoms. The van der Waals surface area contributed by atoms with Crippen LogP contribution in [0.1, 0.15) is 30.0 Å². The Labute approximate surface area is 196 Å². The van der Waals surface area contributed by atoms with Crippen molar-refractivity contribution >= 4 is 23.1 Å². The van der Waals surface area contributed by atoms with Gasteiger partial charge in [-0.15, -0.1) is 0 Å². The number of carbonyl (C=O) groups excluding carboxylic acids is 2. The van der Waals surface area contributed by atoms with Crippen molar-refractivity contribution in [3.63, 3.8) is 0 Å². The van der Waals surface area contributed by atoms with Crippen molar-refractivity contribution in [1.82, 2.24) is 4.90 Å². The van der Waals surface area contributed by atoms with Gasteiger partial charge in [0.2, 0.25) is 0 Å². The van der Waals surface area contributed by atoms with Gasteiger partial charge in [0.1, 0.15) is 11.4 Å². The molecule has 174 valence electrons. The molecule has 2 amide bonds. The highest BCUT2D eigenvalue weighted by Crippen LogP contribution is 2.32. The summed E-state index contributed by atoms with van der Waals surface area (Å²) in [5.74, 6) is -2.43. The minimum atomic E-state index is -1.06. The van der Waals surface area contributed by atoms with Crippen LogP contribution in [0.2, 0.25) is 0 Å². The van der Waals surface area contributed by atoms with E-state index in [2.05, 4.69) is 5.32 Å². The van der Waals surface area contributed by atoms with Gasteiger partial charge >= 0.3 is 0 Å². The Morgan fingerprint density at radius 3 is 2.24 bits per heavy atom. The number of imide groups is 1. The zero-order valence-corrected chi connectivity index (χ0v) is 18.9. The maximum atomic E-state index is 13.8. The summed E-state index contributed by atoms with van der Waals surface area (Å²) in [7, 11) is 0. The average molecular weight is 462 g/mol. The Bertz CT molecular complexity index is 1250. The second-order valence-electron chi connectivity index (χ2n) is 8.06. The Kier molecular flexibility index (Phi) is 6.72. The van der Waals surface area contributed by atoms with Crippen LogP contribution in [0, 0.1) is 18.6 Å². The first-order valence-corrected chi connectivity index (χ1v) is 11.0. The average Bonchev–Trinajstić information content (AvgIpc) is 3.06. The fourth-order valence-corrected chi connectivity index (χ4v) is 3.64. The van der Waals surface area contributed by atoms with Crippen LogP contribution in [0.3, 0.4) is 0 Å². The van der Waals surface area contributed by atoms with Gasteiger partial charge < -0.3 is 10.1 Å². The summed E-state index contributed by atoms with van der Waals surface area (Å²) in [6, 6.07) is 17.6. The molecule has 0 radical (unpaired) electrons. The summed E-state index contributed by atoms with van der Waals surface area (Å²) in [5, 5.41) is 2.84. The van der Waals surface area contributed by atoms with E-state index in [-0.39, 0.29) is 23.5 Å². The summed E-state index contributed by atoms with van der Waals surface area (Å²) in [4.78, 5) is 27.9. The molecule has 0 atom stereocenters. The van der Waals surface area contributed by atoms with Gasteiger partial charge in [-0.1, -0.05) is 48.9 Å². The highest BCUT2D eigenvalue weighted by molar-refractivity contribution is 6.36. The molecule has 1 aliphatic rings. The first kappa shape index (κ1) is 23.2. The third-order valence-corrected chi connectivity index (χ3v) is 5.43. The van der Waals surface area contributed by atoms with Crippen LogP contribution in [0.15, 0.2) is 72.4 Å². The number of nitrogens with zero attached hydrogens (tertiary/aromatic N) is 1. The molecule has 1 heterocycles. The first-order valence-electron chi connectivity index (χ1n) is 11.0. The van der Waals surface area contributed by atoms with Crippen molar-refractivity contribution in [3.05, 3.63) is 101 Å². The number of anilines is 1. The molecule has 4 rings (SSSR count). The molecule has 0 spiro atoms. The number of ether oxygens (including phenoxy) is 1. The fraction of sp³-hybridized carbons (Fsp3) is 0.185. The number of hydrogen-bond donors (Lipinski definition) is 1. The van der Waals surface area contributed by atoms with Crippen LogP contribution < -0.4 is 10.1 Å². The summed E-state index contributed by atoms with van der Waals surface area (Å²) in [5.41, 5.74) is 2.69. The van der Waals surface area contributed by atoms with E-state index in [1.54, 1.807) is 24.3 Å². The number of halogens is 2. The van der Waals surface area contributed by atoms with Gasteiger partial charge in [-0.25, -0.2) is 8.78 Å². The maximum absolute atomic E-state index is 13.8. The smallest absolute Gasteiger partial charge is 0.278 e. The normalized spacial score (nSPS) is 13.6. The maximum Gasteiger partial charge on any atom is 0.278 e. The number of hydrogen-bond acceptors (Lipinski definition) is 4. The molecule has 34 heavy (non-hydrogen) atoms. The van der Waals surface area contributed by atoms with Crippen molar-refractivity contribution in [2.24, 2.45) is 0 Å². The lowest BCUT2D eigenvalue weighted by molar-refractivity contribution is -0.137. The molecule has 0 bridgehead atoms. The molecule has 1 N–H and O–H groups in total. The van der Waals surface area contributed by atoms with Crippen molar-refractivity contribution in [1.29, 1.82) is 0 Å². The van der Waals surface area contributed by atoms with Crippen LogP contribution in [0.25, 0.3) is 5.57 Å². The predicted octanol–water partition coefficient (Wildman–Crippen LogP) is 5.45. The van der Waals surface area contributed by atoms with Crippen LogP contribution in [-0.2, 0) is 16.1 Å². The number of rotatable bonds is 8.